The quantitative estimate of drug-likeness (QED) is 0.688. The predicted molar refractivity (Wildman–Crippen MR) is 58.2 cm³/mol. The summed E-state index contributed by atoms with van der Waals surface area (Å²) >= 11 is 0. The molecule has 0 saturated heterocycles. The van der Waals surface area contributed by atoms with Crippen LogP contribution in [-0.2, 0) is 6.54 Å². The van der Waals surface area contributed by atoms with Crippen molar-refractivity contribution in [2.75, 3.05) is 5.32 Å². The Kier molecular flexibility index (Phi) is 3.59. The Hall–Kier alpha value is -2.25. The van der Waals surface area contributed by atoms with E-state index in [4.69, 9.17) is 0 Å². The number of rotatable bonds is 3. The number of nitrogens with one attached hydrogen (secondary N) is 1. The van der Waals surface area contributed by atoms with E-state index in [1.807, 2.05) is 0 Å². The lowest BCUT2D eigenvalue weighted by Crippen LogP contribution is -2.10. The van der Waals surface area contributed by atoms with Gasteiger partial charge in [0.15, 0.2) is 0 Å². The summed E-state index contributed by atoms with van der Waals surface area (Å²) in [7, 11) is 0. The molecule has 100 valence electrons. The van der Waals surface area contributed by atoms with Crippen LogP contribution >= 0.6 is 0 Å². The molecule has 2 heterocycles. The minimum absolute atomic E-state index is 0.111. The van der Waals surface area contributed by atoms with E-state index in [0.717, 1.165) is 0 Å². The van der Waals surface area contributed by atoms with E-state index in [-0.39, 0.29) is 6.54 Å². The second-order valence-electron chi connectivity index (χ2n) is 3.65. The summed E-state index contributed by atoms with van der Waals surface area (Å²) in [6.45, 7) is 1.52. The second kappa shape index (κ2) is 5.17. The summed E-state index contributed by atoms with van der Waals surface area (Å²) in [6.07, 6.45) is 1.46. The summed E-state index contributed by atoms with van der Waals surface area (Å²) in [5.74, 6) is -6.11. The van der Waals surface area contributed by atoms with Gasteiger partial charge in [-0.3, -0.25) is 0 Å². The molecule has 0 amide bonds. The van der Waals surface area contributed by atoms with Gasteiger partial charge in [0.05, 0.1) is 12.2 Å². The van der Waals surface area contributed by atoms with Crippen molar-refractivity contribution in [2.24, 2.45) is 0 Å². The van der Waals surface area contributed by atoms with Gasteiger partial charge in [-0.2, -0.15) is 22.5 Å². The van der Waals surface area contributed by atoms with E-state index in [1.165, 1.54) is 12.3 Å². The maximum atomic E-state index is 13.3. The van der Waals surface area contributed by atoms with Crippen LogP contribution in [0.4, 0.5) is 23.2 Å². The molecule has 0 saturated carbocycles. The van der Waals surface area contributed by atoms with Crippen molar-refractivity contribution in [1.29, 1.82) is 0 Å². The number of halogens is 4. The van der Waals surface area contributed by atoms with Crippen LogP contribution in [0.2, 0.25) is 0 Å². The maximum absolute atomic E-state index is 13.3. The summed E-state index contributed by atoms with van der Waals surface area (Å²) in [5, 5.41) is 2.25. The molecule has 2 rings (SSSR count). The molecule has 0 atom stereocenters. The highest BCUT2D eigenvalue weighted by Crippen LogP contribution is 2.22. The number of hydrogen-bond donors (Lipinski definition) is 1. The summed E-state index contributed by atoms with van der Waals surface area (Å²) in [6, 6.07) is 1.50. The normalized spacial score (nSPS) is 10.6. The Balaban J connectivity index is 2.25. The fourth-order valence-electron chi connectivity index (χ4n) is 1.42. The van der Waals surface area contributed by atoms with Gasteiger partial charge in [-0.05, 0) is 13.0 Å². The van der Waals surface area contributed by atoms with Crippen LogP contribution in [0.3, 0.4) is 0 Å². The lowest BCUT2D eigenvalue weighted by atomic mass is 10.3. The van der Waals surface area contributed by atoms with Gasteiger partial charge in [-0.1, -0.05) is 0 Å². The third kappa shape index (κ3) is 2.78. The van der Waals surface area contributed by atoms with Gasteiger partial charge >= 0.3 is 0 Å². The molecule has 0 aliphatic rings. The van der Waals surface area contributed by atoms with E-state index >= 15 is 0 Å². The van der Waals surface area contributed by atoms with Crippen molar-refractivity contribution < 1.29 is 17.6 Å². The maximum Gasteiger partial charge on any atom is 0.253 e. The van der Waals surface area contributed by atoms with Crippen LogP contribution in [0.25, 0.3) is 0 Å². The van der Waals surface area contributed by atoms with Crippen LogP contribution < -0.4 is 5.32 Å². The van der Waals surface area contributed by atoms with E-state index in [1.54, 1.807) is 6.92 Å². The molecule has 0 unspecified atom stereocenters. The molecular weight excluding hydrogens is 264 g/mol. The number of aromatic nitrogens is 3. The summed E-state index contributed by atoms with van der Waals surface area (Å²) < 4.78 is 52.3. The van der Waals surface area contributed by atoms with E-state index < -0.39 is 29.2 Å². The van der Waals surface area contributed by atoms with E-state index in [2.05, 4.69) is 20.3 Å². The van der Waals surface area contributed by atoms with Crippen LogP contribution in [-0.4, -0.2) is 15.0 Å². The molecule has 0 fully saturated rings. The highest BCUT2D eigenvalue weighted by molar-refractivity contribution is 5.45. The lowest BCUT2D eigenvalue weighted by molar-refractivity contribution is 0.410. The number of pyridine rings is 1. The fraction of sp³-hybridized carbons (Fsp3) is 0.182. The highest BCUT2D eigenvalue weighted by Gasteiger charge is 2.20. The molecule has 19 heavy (non-hydrogen) atoms. The predicted octanol–water partition coefficient (Wildman–Crippen LogP) is 2.35. The zero-order valence-corrected chi connectivity index (χ0v) is 9.72. The van der Waals surface area contributed by atoms with Crippen molar-refractivity contribution in [2.45, 2.75) is 13.5 Å². The molecule has 2 aromatic rings. The first-order valence-corrected chi connectivity index (χ1v) is 5.21. The molecule has 0 aliphatic carbocycles. The largest absolute Gasteiger partial charge is 0.374 e. The van der Waals surface area contributed by atoms with Crippen molar-refractivity contribution >= 4 is 5.69 Å². The lowest BCUT2D eigenvalue weighted by Gasteiger charge is -2.09. The Morgan fingerprint density at radius 2 is 1.68 bits per heavy atom. The van der Waals surface area contributed by atoms with Crippen molar-refractivity contribution in [3.05, 3.63) is 47.3 Å². The third-order valence-electron chi connectivity index (χ3n) is 2.28. The van der Waals surface area contributed by atoms with Gasteiger partial charge in [-0.15, -0.1) is 0 Å². The topological polar surface area (TPSA) is 50.7 Å². The van der Waals surface area contributed by atoms with Crippen LogP contribution in [0.1, 0.15) is 11.5 Å². The zero-order valence-electron chi connectivity index (χ0n) is 9.72. The molecule has 8 heteroatoms. The Labute approximate surface area is 105 Å². The molecule has 0 aliphatic heterocycles. The monoisotopic (exact) mass is 272 g/mol. The first-order valence-electron chi connectivity index (χ1n) is 5.21. The number of hydrogen-bond acceptors (Lipinski definition) is 4. The molecule has 0 aromatic carbocycles. The third-order valence-corrected chi connectivity index (χ3v) is 2.28. The minimum atomic E-state index is -1.71. The molecule has 4 nitrogen and oxygen atoms in total. The van der Waals surface area contributed by atoms with Crippen molar-refractivity contribution in [3.8, 4) is 0 Å². The van der Waals surface area contributed by atoms with Crippen molar-refractivity contribution in [3.63, 3.8) is 0 Å². The Morgan fingerprint density at radius 3 is 2.26 bits per heavy atom. The summed E-state index contributed by atoms with van der Waals surface area (Å²) in [5.41, 5.74) is -0.495. The van der Waals surface area contributed by atoms with Gasteiger partial charge in [0, 0.05) is 6.20 Å². The Bertz CT molecular complexity index is 592. The number of anilines is 1. The van der Waals surface area contributed by atoms with Crippen LogP contribution in [0.5, 0.6) is 0 Å². The number of nitrogens with zero attached hydrogens (tertiary/aromatic N) is 3. The standard InChI is InChI=1S/C11H8F4N4/c1-5-16-3-2-6(18-5)4-17-9-7(12)10(14)19-11(15)8(9)13/h2-3H,4H2,1H3,(H,17,19). The smallest absolute Gasteiger partial charge is 0.253 e. The molecule has 0 bridgehead atoms. The van der Waals surface area contributed by atoms with Gasteiger partial charge in [0.25, 0.3) is 11.9 Å². The number of aryl methyl sites for hydroxylation is 1. The van der Waals surface area contributed by atoms with Gasteiger partial charge in [0.1, 0.15) is 11.5 Å². The fourth-order valence-corrected chi connectivity index (χ4v) is 1.42. The average Bonchev–Trinajstić information content (AvgIpc) is 2.36. The molecule has 0 radical (unpaired) electrons. The second-order valence-corrected chi connectivity index (χ2v) is 3.65. The zero-order chi connectivity index (χ0) is 14.0. The first kappa shape index (κ1) is 13.2. The molecular formula is C11H8F4N4. The van der Waals surface area contributed by atoms with Crippen LogP contribution in [0, 0.1) is 30.5 Å². The van der Waals surface area contributed by atoms with Crippen molar-refractivity contribution in [1.82, 2.24) is 15.0 Å². The van der Waals surface area contributed by atoms with Gasteiger partial charge in [-0.25, -0.2) is 9.97 Å². The SMILES string of the molecule is Cc1nccc(CNc2c(F)c(F)nc(F)c2F)n1. The average molecular weight is 272 g/mol. The highest BCUT2D eigenvalue weighted by atomic mass is 19.2. The minimum Gasteiger partial charge on any atom is -0.374 e. The van der Waals surface area contributed by atoms with E-state index in [0.29, 0.717) is 11.5 Å². The van der Waals surface area contributed by atoms with Gasteiger partial charge < -0.3 is 5.32 Å². The Morgan fingerprint density at radius 1 is 1.05 bits per heavy atom. The molecule has 2 aromatic heterocycles. The first-order chi connectivity index (χ1) is 8.99. The van der Waals surface area contributed by atoms with Crippen LogP contribution in [0.15, 0.2) is 12.3 Å². The van der Waals surface area contributed by atoms with E-state index in [9.17, 15) is 17.6 Å². The van der Waals surface area contributed by atoms with Gasteiger partial charge in [0.2, 0.25) is 11.6 Å². The summed E-state index contributed by atoms with van der Waals surface area (Å²) in [4.78, 5) is 10.3. The molecule has 0 spiro atoms. The molecule has 1 N–H and O–H groups in total.